The zero-order chi connectivity index (χ0) is 13.0. The number of aromatic carboxylic acids is 1. The third kappa shape index (κ3) is 3.10. The molecule has 1 aromatic carbocycles. The van der Waals surface area contributed by atoms with Crippen molar-refractivity contribution in [3.63, 3.8) is 0 Å². The quantitative estimate of drug-likeness (QED) is 0.855. The Morgan fingerprint density at radius 2 is 1.94 bits per heavy atom. The minimum atomic E-state index is -1.10. The van der Waals surface area contributed by atoms with Crippen LogP contribution >= 0.6 is 0 Å². The van der Waals surface area contributed by atoms with Crippen LogP contribution in [-0.4, -0.2) is 17.6 Å². The van der Waals surface area contributed by atoms with Gasteiger partial charge in [-0.2, -0.15) is 0 Å². The van der Waals surface area contributed by atoms with Crippen LogP contribution in [0.5, 0.6) is 0 Å². The van der Waals surface area contributed by atoms with E-state index in [4.69, 9.17) is 9.52 Å². The summed E-state index contributed by atoms with van der Waals surface area (Å²) in [6, 6.07) is 9.19. The number of furan rings is 1. The molecule has 1 aromatic heterocycles. The van der Waals surface area contributed by atoms with E-state index in [-0.39, 0.29) is 11.6 Å². The van der Waals surface area contributed by atoms with Gasteiger partial charge in [-0.15, -0.1) is 0 Å². The third-order valence-electron chi connectivity index (χ3n) is 2.44. The van der Waals surface area contributed by atoms with Gasteiger partial charge < -0.3 is 14.8 Å². The highest BCUT2D eigenvalue weighted by molar-refractivity contribution is 5.84. The van der Waals surface area contributed by atoms with Gasteiger partial charge in [-0.3, -0.25) is 0 Å². The Labute approximate surface area is 103 Å². The Kier molecular flexibility index (Phi) is 3.62. The van der Waals surface area contributed by atoms with Crippen LogP contribution in [0.4, 0.5) is 10.3 Å². The fourth-order valence-electron chi connectivity index (χ4n) is 1.53. The number of halogens is 1. The van der Waals surface area contributed by atoms with Gasteiger partial charge in [0, 0.05) is 12.6 Å². The Morgan fingerprint density at radius 3 is 2.56 bits per heavy atom. The molecule has 0 aliphatic carbocycles. The molecule has 0 saturated carbocycles. The van der Waals surface area contributed by atoms with Gasteiger partial charge in [0.2, 0.25) is 5.76 Å². The van der Waals surface area contributed by atoms with Crippen molar-refractivity contribution in [3.8, 4) is 0 Å². The maximum atomic E-state index is 12.7. The van der Waals surface area contributed by atoms with E-state index < -0.39 is 5.97 Å². The SMILES string of the molecule is O=C(O)c1ccc(NCCc2ccc(F)cc2)o1. The molecule has 0 aliphatic heterocycles. The highest BCUT2D eigenvalue weighted by Gasteiger charge is 2.08. The first-order valence-electron chi connectivity index (χ1n) is 5.46. The lowest BCUT2D eigenvalue weighted by molar-refractivity contribution is 0.0663. The van der Waals surface area contributed by atoms with E-state index in [2.05, 4.69) is 5.32 Å². The fourth-order valence-corrected chi connectivity index (χ4v) is 1.53. The summed E-state index contributed by atoms with van der Waals surface area (Å²) in [5.41, 5.74) is 0.994. The third-order valence-corrected chi connectivity index (χ3v) is 2.44. The van der Waals surface area contributed by atoms with E-state index >= 15 is 0 Å². The summed E-state index contributed by atoms with van der Waals surface area (Å²) in [5.74, 6) is -1.04. The largest absolute Gasteiger partial charge is 0.475 e. The summed E-state index contributed by atoms with van der Waals surface area (Å²) < 4.78 is 17.7. The van der Waals surface area contributed by atoms with Gasteiger partial charge in [-0.25, -0.2) is 9.18 Å². The Balaban J connectivity index is 1.84. The van der Waals surface area contributed by atoms with Crippen LogP contribution in [0.25, 0.3) is 0 Å². The molecule has 0 amide bonds. The van der Waals surface area contributed by atoms with E-state index in [0.717, 1.165) is 5.56 Å². The highest BCUT2D eigenvalue weighted by Crippen LogP contribution is 2.13. The Bertz CT molecular complexity index is 533. The minimum absolute atomic E-state index is 0.0979. The summed E-state index contributed by atoms with van der Waals surface area (Å²) >= 11 is 0. The molecular weight excluding hydrogens is 237 g/mol. The second-order valence-electron chi connectivity index (χ2n) is 3.77. The summed E-state index contributed by atoms with van der Waals surface area (Å²) in [6.07, 6.45) is 0.698. The van der Waals surface area contributed by atoms with Gasteiger partial charge in [0.15, 0.2) is 5.88 Å². The Hall–Kier alpha value is -2.30. The molecule has 0 atom stereocenters. The van der Waals surface area contributed by atoms with Crippen molar-refractivity contribution in [1.82, 2.24) is 0 Å². The van der Waals surface area contributed by atoms with Crippen LogP contribution in [0.2, 0.25) is 0 Å². The molecule has 0 spiro atoms. The van der Waals surface area contributed by atoms with Crippen molar-refractivity contribution in [2.45, 2.75) is 6.42 Å². The van der Waals surface area contributed by atoms with E-state index in [1.165, 1.54) is 18.2 Å². The number of carbonyl (C=O) groups is 1. The number of benzene rings is 1. The molecule has 0 bridgehead atoms. The molecule has 0 unspecified atom stereocenters. The molecule has 18 heavy (non-hydrogen) atoms. The summed E-state index contributed by atoms with van der Waals surface area (Å²) in [5, 5.41) is 11.6. The van der Waals surface area contributed by atoms with Gasteiger partial charge in [-0.1, -0.05) is 12.1 Å². The van der Waals surface area contributed by atoms with Crippen LogP contribution in [0.15, 0.2) is 40.8 Å². The highest BCUT2D eigenvalue weighted by atomic mass is 19.1. The molecular formula is C13H12FNO3. The smallest absolute Gasteiger partial charge is 0.371 e. The van der Waals surface area contributed by atoms with E-state index in [9.17, 15) is 9.18 Å². The number of anilines is 1. The van der Waals surface area contributed by atoms with Gasteiger partial charge >= 0.3 is 5.97 Å². The van der Waals surface area contributed by atoms with Crippen LogP contribution < -0.4 is 5.32 Å². The summed E-state index contributed by atoms with van der Waals surface area (Å²) in [6.45, 7) is 0.582. The minimum Gasteiger partial charge on any atom is -0.475 e. The van der Waals surface area contributed by atoms with Crippen molar-refractivity contribution in [3.05, 3.63) is 53.5 Å². The van der Waals surface area contributed by atoms with Crippen molar-refractivity contribution in [2.24, 2.45) is 0 Å². The second-order valence-corrected chi connectivity index (χ2v) is 3.77. The van der Waals surface area contributed by atoms with Crippen LogP contribution in [0.3, 0.4) is 0 Å². The maximum Gasteiger partial charge on any atom is 0.371 e. The molecule has 1 heterocycles. The molecule has 2 rings (SSSR count). The first-order valence-corrected chi connectivity index (χ1v) is 5.46. The number of hydrogen-bond acceptors (Lipinski definition) is 3. The second kappa shape index (κ2) is 5.35. The average molecular weight is 249 g/mol. The van der Waals surface area contributed by atoms with Gasteiger partial charge in [0.25, 0.3) is 0 Å². The molecule has 4 nitrogen and oxygen atoms in total. The van der Waals surface area contributed by atoms with Crippen molar-refractivity contribution < 1.29 is 18.7 Å². The van der Waals surface area contributed by atoms with E-state index in [1.807, 2.05) is 0 Å². The van der Waals surface area contributed by atoms with Gasteiger partial charge in [-0.05, 0) is 30.2 Å². The van der Waals surface area contributed by atoms with Gasteiger partial charge in [0.1, 0.15) is 5.82 Å². The molecule has 5 heteroatoms. The predicted molar refractivity (Wildman–Crippen MR) is 64.3 cm³/mol. The zero-order valence-electron chi connectivity index (χ0n) is 9.52. The fraction of sp³-hybridized carbons (Fsp3) is 0.154. The number of hydrogen-bond donors (Lipinski definition) is 2. The molecule has 0 saturated heterocycles. The molecule has 94 valence electrons. The normalized spacial score (nSPS) is 10.3. The van der Waals surface area contributed by atoms with Crippen molar-refractivity contribution >= 4 is 11.9 Å². The van der Waals surface area contributed by atoms with Crippen LogP contribution in [-0.2, 0) is 6.42 Å². The first-order chi connectivity index (χ1) is 8.65. The average Bonchev–Trinajstić information content (AvgIpc) is 2.81. The maximum absolute atomic E-state index is 12.7. The lowest BCUT2D eigenvalue weighted by Gasteiger charge is -2.03. The van der Waals surface area contributed by atoms with Gasteiger partial charge in [0.05, 0.1) is 0 Å². The molecule has 2 aromatic rings. The molecule has 2 N–H and O–H groups in total. The lowest BCUT2D eigenvalue weighted by Crippen LogP contribution is -2.04. The summed E-state index contributed by atoms with van der Waals surface area (Å²) in [4.78, 5) is 10.6. The van der Waals surface area contributed by atoms with Crippen LogP contribution in [0, 0.1) is 5.82 Å². The standard InChI is InChI=1S/C13H12FNO3/c14-10-3-1-9(2-4-10)7-8-15-12-6-5-11(18-12)13(16)17/h1-6,15H,7-8H2,(H,16,17). The predicted octanol–water partition coefficient (Wildman–Crippen LogP) is 2.77. The van der Waals surface area contributed by atoms with E-state index in [1.54, 1.807) is 18.2 Å². The van der Waals surface area contributed by atoms with Crippen molar-refractivity contribution in [1.29, 1.82) is 0 Å². The lowest BCUT2D eigenvalue weighted by atomic mass is 10.1. The molecule has 0 fully saturated rings. The van der Waals surface area contributed by atoms with E-state index in [0.29, 0.717) is 18.8 Å². The molecule has 0 radical (unpaired) electrons. The monoisotopic (exact) mass is 249 g/mol. The number of carboxylic acid groups (broad SMARTS) is 1. The number of rotatable bonds is 5. The summed E-state index contributed by atoms with van der Waals surface area (Å²) in [7, 11) is 0. The topological polar surface area (TPSA) is 62.5 Å². The number of nitrogens with one attached hydrogen (secondary N) is 1. The molecule has 0 aliphatic rings. The zero-order valence-corrected chi connectivity index (χ0v) is 9.52. The first kappa shape index (κ1) is 12.2. The number of carboxylic acids is 1. The Morgan fingerprint density at radius 1 is 1.22 bits per heavy atom. The van der Waals surface area contributed by atoms with Crippen molar-refractivity contribution in [2.75, 3.05) is 11.9 Å². The van der Waals surface area contributed by atoms with Crippen LogP contribution in [0.1, 0.15) is 16.1 Å².